The summed E-state index contributed by atoms with van der Waals surface area (Å²) in [5.74, 6) is 0.144. The Bertz CT molecular complexity index is 615. The van der Waals surface area contributed by atoms with Crippen LogP contribution in [0.25, 0.3) is 10.9 Å². The number of aryl methyl sites for hydroxylation is 1. The van der Waals surface area contributed by atoms with Crippen molar-refractivity contribution in [1.29, 1.82) is 0 Å². The molecular formula is C15H20N4O. The van der Waals surface area contributed by atoms with Crippen molar-refractivity contribution < 1.29 is 4.79 Å². The summed E-state index contributed by atoms with van der Waals surface area (Å²) in [6.07, 6.45) is 2.81. The van der Waals surface area contributed by atoms with Gasteiger partial charge in [0, 0.05) is 38.0 Å². The Labute approximate surface area is 118 Å². The van der Waals surface area contributed by atoms with Gasteiger partial charge in [-0.3, -0.25) is 9.48 Å². The third-order valence-electron chi connectivity index (χ3n) is 3.60. The number of rotatable bonds is 6. The Kier molecular flexibility index (Phi) is 3.69. The molecule has 1 aliphatic carbocycles. The zero-order valence-electron chi connectivity index (χ0n) is 11.7. The minimum atomic E-state index is 0.144. The minimum absolute atomic E-state index is 0.144. The van der Waals surface area contributed by atoms with Crippen LogP contribution in [0.5, 0.6) is 0 Å². The fourth-order valence-electron chi connectivity index (χ4n) is 2.36. The highest BCUT2D eigenvalue weighted by atomic mass is 16.1. The molecule has 0 radical (unpaired) electrons. The smallest absolute Gasteiger partial charge is 0.221 e. The molecule has 1 saturated carbocycles. The fraction of sp³-hybridized carbons (Fsp3) is 0.467. The van der Waals surface area contributed by atoms with Gasteiger partial charge in [0.05, 0.1) is 11.2 Å². The number of benzene rings is 1. The van der Waals surface area contributed by atoms with Crippen molar-refractivity contribution in [2.24, 2.45) is 7.05 Å². The van der Waals surface area contributed by atoms with Gasteiger partial charge >= 0.3 is 0 Å². The number of aromatic nitrogens is 2. The molecule has 1 aromatic heterocycles. The summed E-state index contributed by atoms with van der Waals surface area (Å²) in [5, 5.41) is 12.0. The SMILES string of the molecule is Cn1nc(CNCCC(=O)NC2CC2)c2ccccc21. The molecule has 0 aliphatic heterocycles. The molecule has 0 spiro atoms. The van der Waals surface area contributed by atoms with E-state index >= 15 is 0 Å². The maximum Gasteiger partial charge on any atom is 0.221 e. The highest BCUT2D eigenvalue weighted by Gasteiger charge is 2.22. The molecule has 0 saturated heterocycles. The zero-order valence-corrected chi connectivity index (χ0v) is 11.7. The molecule has 3 rings (SSSR count). The molecule has 0 unspecified atom stereocenters. The lowest BCUT2D eigenvalue weighted by Gasteiger charge is -2.04. The van der Waals surface area contributed by atoms with Crippen molar-refractivity contribution in [2.45, 2.75) is 31.8 Å². The van der Waals surface area contributed by atoms with Gasteiger partial charge in [-0.25, -0.2) is 0 Å². The third kappa shape index (κ3) is 2.99. The lowest BCUT2D eigenvalue weighted by Crippen LogP contribution is -2.29. The highest BCUT2D eigenvalue weighted by Crippen LogP contribution is 2.18. The van der Waals surface area contributed by atoms with E-state index in [1.165, 1.54) is 5.39 Å². The average Bonchev–Trinajstić information content (AvgIpc) is 3.20. The van der Waals surface area contributed by atoms with Crippen LogP contribution in [0.1, 0.15) is 25.0 Å². The number of nitrogens with zero attached hydrogens (tertiary/aromatic N) is 2. The predicted octanol–water partition coefficient (Wildman–Crippen LogP) is 1.33. The second-order valence-corrected chi connectivity index (χ2v) is 5.36. The van der Waals surface area contributed by atoms with Gasteiger partial charge in [-0.2, -0.15) is 5.10 Å². The maximum atomic E-state index is 11.6. The standard InChI is InChI=1S/C15H20N4O/c1-19-14-5-3-2-4-12(14)13(18-19)10-16-9-8-15(20)17-11-6-7-11/h2-5,11,16H,6-10H2,1H3,(H,17,20). The lowest BCUT2D eigenvalue weighted by molar-refractivity contribution is -0.121. The Morgan fingerprint density at radius 1 is 1.40 bits per heavy atom. The fourth-order valence-corrected chi connectivity index (χ4v) is 2.36. The number of carbonyl (C=O) groups is 1. The third-order valence-corrected chi connectivity index (χ3v) is 3.60. The molecule has 1 aromatic carbocycles. The van der Waals surface area contributed by atoms with Gasteiger partial charge in [-0.05, 0) is 18.9 Å². The number of amides is 1. The second kappa shape index (κ2) is 5.63. The number of carbonyl (C=O) groups excluding carboxylic acids is 1. The predicted molar refractivity (Wildman–Crippen MR) is 78.2 cm³/mol. The molecular weight excluding hydrogens is 252 g/mol. The van der Waals surface area contributed by atoms with Gasteiger partial charge in [0.2, 0.25) is 5.91 Å². The van der Waals surface area contributed by atoms with Crippen LogP contribution in [0.2, 0.25) is 0 Å². The molecule has 20 heavy (non-hydrogen) atoms. The first-order valence-corrected chi connectivity index (χ1v) is 7.15. The summed E-state index contributed by atoms with van der Waals surface area (Å²) >= 11 is 0. The zero-order chi connectivity index (χ0) is 13.9. The van der Waals surface area contributed by atoms with E-state index in [-0.39, 0.29) is 5.91 Å². The number of fused-ring (bicyclic) bond motifs is 1. The van der Waals surface area contributed by atoms with Crippen LogP contribution in [0, 0.1) is 0 Å². The van der Waals surface area contributed by atoms with Crippen molar-refractivity contribution in [3.8, 4) is 0 Å². The maximum absolute atomic E-state index is 11.6. The number of nitrogens with one attached hydrogen (secondary N) is 2. The van der Waals surface area contributed by atoms with Crippen LogP contribution in [0.3, 0.4) is 0 Å². The number of hydrogen-bond acceptors (Lipinski definition) is 3. The van der Waals surface area contributed by atoms with Crippen molar-refractivity contribution in [3.63, 3.8) is 0 Å². The Morgan fingerprint density at radius 2 is 2.20 bits per heavy atom. The summed E-state index contributed by atoms with van der Waals surface area (Å²) in [4.78, 5) is 11.6. The van der Waals surface area contributed by atoms with Crippen LogP contribution in [-0.4, -0.2) is 28.3 Å². The normalized spacial score (nSPS) is 14.7. The van der Waals surface area contributed by atoms with Gasteiger partial charge in [-0.1, -0.05) is 18.2 Å². The molecule has 1 fully saturated rings. The molecule has 1 amide bonds. The van der Waals surface area contributed by atoms with Gasteiger partial charge in [0.1, 0.15) is 0 Å². The number of hydrogen-bond donors (Lipinski definition) is 2. The Morgan fingerprint density at radius 3 is 3.00 bits per heavy atom. The first kappa shape index (κ1) is 13.1. The van der Waals surface area contributed by atoms with Gasteiger partial charge in [-0.15, -0.1) is 0 Å². The van der Waals surface area contributed by atoms with Gasteiger partial charge in [0.25, 0.3) is 0 Å². The van der Waals surface area contributed by atoms with E-state index in [2.05, 4.69) is 27.9 Å². The van der Waals surface area contributed by atoms with E-state index in [0.717, 1.165) is 24.1 Å². The van der Waals surface area contributed by atoms with E-state index in [9.17, 15) is 4.79 Å². The van der Waals surface area contributed by atoms with Crippen molar-refractivity contribution in [2.75, 3.05) is 6.54 Å². The molecule has 1 aliphatic rings. The Balaban J connectivity index is 1.50. The topological polar surface area (TPSA) is 59.0 Å². The van der Waals surface area contributed by atoms with Crippen molar-refractivity contribution >= 4 is 16.8 Å². The summed E-state index contributed by atoms with van der Waals surface area (Å²) in [6.45, 7) is 1.38. The van der Waals surface area contributed by atoms with E-state index < -0.39 is 0 Å². The minimum Gasteiger partial charge on any atom is -0.353 e. The van der Waals surface area contributed by atoms with Crippen LogP contribution >= 0.6 is 0 Å². The van der Waals surface area contributed by atoms with Crippen LogP contribution in [0.15, 0.2) is 24.3 Å². The van der Waals surface area contributed by atoms with Crippen LogP contribution in [0.4, 0.5) is 0 Å². The summed E-state index contributed by atoms with van der Waals surface area (Å²) in [5.41, 5.74) is 2.17. The second-order valence-electron chi connectivity index (χ2n) is 5.36. The summed E-state index contributed by atoms with van der Waals surface area (Å²) < 4.78 is 1.89. The van der Waals surface area contributed by atoms with E-state index in [0.29, 0.717) is 25.6 Å². The molecule has 0 bridgehead atoms. The Hall–Kier alpha value is -1.88. The molecule has 2 N–H and O–H groups in total. The highest BCUT2D eigenvalue weighted by molar-refractivity contribution is 5.81. The van der Waals surface area contributed by atoms with Gasteiger partial charge in [0.15, 0.2) is 0 Å². The van der Waals surface area contributed by atoms with E-state index in [1.807, 2.05) is 23.9 Å². The first-order chi connectivity index (χ1) is 9.74. The van der Waals surface area contributed by atoms with E-state index in [1.54, 1.807) is 0 Å². The molecule has 1 heterocycles. The van der Waals surface area contributed by atoms with Gasteiger partial charge < -0.3 is 10.6 Å². The van der Waals surface area contributed by atoms with Crippen LogP contribution in [-0.2, 0) is 18.4 Å². The average molecular weight is 272 g/mol. The molecule has 5 nitrogen and oxygen atoms in total. The number of para-hydroxylation sites is 1. The monoisotopic (exact) mass is 272 g/mol. The molecule has 2 aromatic rings. The molecule has 5 heteroatoms. The summed E-state index contributed by atoms with van der Waals surface area (Å²) in [7, 11) is 1.95. The van der Waals surface area contributed by atoms with Crippen molar-refractivity contribution in [1.82, 2.24) is 20.4 Å². The van der Waals surface area contributed by atoms with Crippen LogP contribution < -0.4 is 10.6 Å². The summed E-state index contributed by atoms with van der Waals surface area (Å²) in [6, 6.07) is 8.64. The largest absolute Gasteiger partial charge is 0.353 e. The molecule has 0 atom stereocenters. The van der Waals surface area contributed by atoms with Crippen molar-refractivity contribution in [3.05, 3.63) is 30.0 Å². The molecule has 106 valence electrons. The van der Waals surface area contributed by atoms with E-state index in [4.69, 9.17) is 0 Å². The lowest BCUT2D eigenvalue weighted by atomic mass is 10.2. The quantitative estimate of drug-likeness (QED) is 0.780. The first-order valence-electron chi connectivity index (χ1n) is 7.15.